The number of aromatic nitrogens is 2. The summed E-state index contributed by atoms with van der Waals surface area (Å²) in [5, 5.41) is 15.1. The Bertz CT molecular complexity index is 674. The molecule has 25 heavy (non-hydrogen) atoms. The second-order valence-corrected chi connectivity index (χ2v) is 8.42. The Hall–Kier alpha value is -1.64. The highest BCUT2D eigenvalue weighted by Gasteiger charge is 2.18. The molecule has 2 unspecified atom stereocenters. The van der Waals surface area contributed by atoms with E-state index in [9.17, 15) is 4.79 Å². The van der Waals surface area contributed by atoms with Gasteiger partial charge in [-0.1, -0.05) is 53.4 Å². The van der Waals surface area contributed by atoms with E-state index in [0.29, 0.717) is 6.54 Å². The van der Waals surface area contributed by atoms with Gasteiger partial charge >= 0.3 is 0 Å². The fraction of sp³-hybridized carbons (Fsp3) is 0.471. The number of benzene rings is 1. The highest BCUT2D eigenvalue weighted by atomic mass is 32.2. The van der Waals surface area contributed by atoms with E-state index in [1.807, 2.05) is 37.3 Å². The first kappa shape index (κ1) is 18.2. The van der Waals surface area contributed by atoms with Crippen LogP contribution in [0.4, 0.5) is 5.13 Å². The number of rotatable bonds is 8. The molecule has 1 amide bonds. The average Bonchev–Trinajstić information content (AvgIpc) is 3.30. The third-order valence-electron chi connectivity index (χ3n) is 3.87. The first-order chi connectivity index (χ1) is 12.2. The normalized spacial score (nSPS) is 18.0. The molecule has 0 aliphatic carbocycles. The van der Waals surface area contributed by atoms with E-state index >= 15 is 0 Å². The average molecular weight is 379 g/mol. The molecule has 6 nitrogen and oxygen atoms in total. The van der Waals surface area contributed by atoms with Gasteiger partial charge in [0.05, 0.1) is 11.4 Å². The summed E-state index contributed by atoms with van der Waals surface area (Å²) in [5.41, 5.74) is 1.09. The number of nitrogens with one attached hydrogen (secondary N) is 2. The molecule has 8 heteroatoms. The minimum Gasteiger partial charge on any atom is -0.376 e. The molecule has 1 aliphatic rings. The van der Waals surface area contributed by atoms with Crippen LogP contribution in [0.2, 0.25) is 0 Å². The van der Waals surface area contributed by atoms with E-state index in [-0.39, 0.29) is 17.3 Å². The van der Waals surface area contributed by atoms with E-state index in [0.717, 1.165) is 41.0 Å². The van der Waals surface area contributed by atoms with Crippen molar-refractivity contribution in [2.45, 2.75) is 42.0 Å². The van der Waals surface area contributed by atoms with Gasteiger partial charge < -0.3 is 15.4 Å². The van der Waals surface area contributed by atoms with Crippen LogP contribution < -0.4 is 10.6 Å². The maximum absolute atomic E-state index is 12.2. The van der Waals surface area contributed by atoms with Gasteiger partial charge in [0.15, 0.2) is 4.34 Å². The Morgan fingerprint density at radius 2 is 2.24 bits per heavy atom. The molecule has 1 fully saturated rings. The lowest BCUT2D eigenvalue weighted by Crippen LogP contribution is -2.30. The number of anilines is 1. The van der Waals surface area contributed by atoms with Gasteiger partial charge in [0, 0.05) is 19.7 Å². The molecule has 2 heterocycles. The van der Waals surface area contributed by atoms with E-state index in [1.54, 1.807) is 0 Å². The predicted octanol–water partition coefficient (Wildman–Crippen LogP) is 2.93. The van der Waals surface area contributed by atoms with Crippen LogP contribution >= 0.6 is 23.1 Å². The second kappa shape index (κ2) is 9.17. The second-order valence-electron chi connectivity index (χ2n) is 5.85. The van der Waals surface area contributed by atoms with Crippen molar-refractivity contribution in [2.24, 2.45) is 0 Å². The van der Waals surface area contributed by atoms with Crippen molar-refractivity contribution in [1.82, 2.24) is 15.5 Å². The number of ether oxygens (including phenoxy) is 1. The standard InChI is InChI=1S/C17H22N4O2S2/c1-12(15(22)18-10-13-6-3-2-4-7-13)24-17-21-20-16(25-17)19-11-14-8-5-9-23-14/h2-4,6-7,12,14H,5,8-11H2,1H3,(H,18,22)(H,19,20). The molecule has 1 aromatic heterocycles. The summed E-state index contributed by atoms with van der Waals surface area (Å²) in [6.07, 6.45) is 2.48. The van der Waals surface area contributed by atoms with Crippen molar-refractivity contribution in [3.8, 4) is 0 Å². The number of hydrogen-bond acceptors (Lipinski definition) is 7. The molecular formula is C17H22N4O2S2. The lowest BCUT2D eigenvalue weighted by Gasteiger charge is -2.10. The summed E-state index contributed by atoms with van der Waals surface area (Å²) < 4.78 is 6.37. The molecule has 3 rings (SSSR count). The summed E-state index contributed by atoms with van der Waals surface area (Å²) in [6.45, 7) is 4.02. The first-order valence-corrected chi connectivity index (χ1v) is 10.1. The lowest BCUT2D eigenvalue weighted by atomic mass is 10.2. The first-order valence-electron chi connectivity index (χ1n) is 8.38. The number of carbonyl (C=O) groups is 1. The van der Waals surface area contributed by atoms with Crippen molar-refractivity contribution in [3.63, 3.8) is 0 Å². The van der Waals surface area contributed by atoms with Crippen LogP contribution in [0.15, 0.2) is 34.7 Å². The van der Waals surface area contributed by atoms with Gasteiger partial charge in [-0.15, -0.1) is 10.2 Å². The summed E-state index contributed by atoms with van der Waals surface area (Å²) in [6, 6.07) is 9.88. The summed E-state index contributed by atoms with van der Waals surface area (Å²) >= 11 is 2.90. The molecule has 0 saturated carbocycles. The van der Waals surface area contributed by atoms with Crippen LogP contribution in [0.25, 0.3) is 0 Å². The van der Waals surface area contributed by atoms with Crippen molar-refractivity contribution >= 4 is 34.1 Å². The van der Waals surface area contributed by atoms with Gasteiger partial charge in [-0.2, -0.15) is 0 Å². The zero-order valence-corrected chi connectivity index (χ0v) is 15.7. The van der Waals surface area contributed by atoms with E-state index in [4.69, 9.17) is 4.74 Å². The van der Waals surface area contributed by atoms with Gasteiger partial charge in [-0.3, -0.25) is 4.79 Å². The van der Waals surface area contributed by atoms with E-state index in [2.05, 4.69) is 20.8 Å². The number of thioether (sulfide) groups is 1. The zero-order chi connectivity index (χ0) is 17.5. The van der Waals surface area contributed by atoms with Gasteiger partial charge in [-0.25, -0.2) is 0 Å². The zero-order valence-electron chi connectivity index (χ0n) is 14.1. The van der Waals surface area contributed by atoms with Crippen molar-refractivity contribution in [1.29, 1.82) is 0 Å². The van der Waals surface area contributed by atoms with Crippen molar-refractivity contribution in [3.05, 3.63) is 35.9 Å². The molecule has 1 aromatic carbocycles. The molecule has 2 atom stereocenters. The Balaban J connectivity index is 1.42. The Kier molecular flexibility index (Phi) is 6.66. The van der Waals surface area contributed by atoms with Crippen LogP contribution in [0, 0.1) is 0 Å². The molecule has 2 N–H and O–H groups in total. The third kappa shape index (κ3) is 5.69. The van der Waals surface area contributed by atoms with Gasteiger partial charge in [0.1, 0.15) is 0 Å². The van der Waals surface area contributed by atoms with Crippen LogP contribution in [-0.4, -0.2) is 40.6 Å². The Morgan fingerprint density at radius 3 is 3.00 bits per heavy atom. The highest BCUT2D eigenvalue weighted by Crippen LogP contribution is 2.29. The van der Waals surface area contributed by atoms with Crippen LogP contribution in [-0.2, 0) is 16.1 Å². The molecule has 0 spiro atoms. The predicted molar refractivity (Wildman–Crippen MR) is 101 cm³/mol. The van der Waals surface area contributed by atoms with Gasteiger partial charge in [0.25, 0.3) is 0 Å². The van der Waals surface area contributed by atoms with Crippen molar-refractivity contribution in [2.75, 3.05) is 18.5 Å². The largest absolute Gasteiger partial charge is 0.376 e. The number of amides is 1. The molecule has 2 aromatic rings. The van der Waals surface area contributed by atoms with Crippen LogP contribution in [0.3, 0.4) is 0 Å². The number of carbonyl (C=O) groups excluding carboxylic acids is 1. The van der Waals surface area contributed by atoms with Crippen LogP contribution in [0.1, 0.15) is 25.3 Å². The van der Waals surface area contributed by atoms with E-state index in [1.165, 1.54) is 23.1 Å². The SMILES string of the molecule is CC(Sc1nnc(NCC2CCCO2)s1)C(=O)NCc1ccccc1. The maximum atomic E-state index is 12.2. The van der Waals surface area contributed by atoms with Crippen molar-refractivity contribution < 1.29 is 9.53 Å². The van der Waals surface area contributed by atoms with Gasteiger partial charge in [0.2, 0.25) is 11.0 Å². The summed E-state index contributed by atoms with van der Waals surface area (Å²) in [5.74, 6) is -0.00193. The number of hydrogen-bond donors (Lipinski definition) is 2. The summed E-state index contributed by atoms with van der Waals surface area (Å²) in [4.78, 5) is 12.2. The monoisotopic (exact) mass is 378 g/mol. The fourth-order valence-corrected chi connectivity index (χ4v) is 4.40. The maximum Gasteiger partial charge on any atom is 0.233 e. The van der Waals surface area contributed by atoms with Gasteiger partial charge in [-0.05, 0) is 25.3 Å². The Morgan fingerprint density at radius 1 is 1.40 bits per heavy atom. The molecule has 1 saturated heterocycles. The van der Waals surface area contributed by atoms with Crippen LogP contribution in [0.5, 0.6) is 0 Å². The molecule has 0 radical (unpaired) electrons. The quantitative estimate of drug-likeness (QED) is 0.688. The topological polar surface area (TPSA) is 76.1 Å². The molecule has 1 aliphatic heterocycles. The van der Waals surface area contributed by atoms with E-state index < -0.39 is 0 Å². The molecule has 134 valence electrons. The third-order valence-corrected chi connectivity index (χ3v) is 5.93. The Labute approximate surface area is 155 Å². The minimum atomic E-state index is -0.220. The fourth-order valence-electron chi connectivity index (χ4n) is 2.47. The lowest BCUT2D eigenvalue weighted by molar-refractivity contribution is -0.120. The summed E-state index contributed by atoms with van der Waals surface area (Å²) in [7, 11) is 0. The molecule has 0 bridgehead atoms. The highest BCUT2D eigenvalue weighted by molar-refractivity contribution is 8.02. The molecular weight excluding hydrogens is 356 g/mol. The minimum absolute atomic E-state index is 0.00193. The number of nitrogens with zero attached hydrogens (tertiary/aromatic N) is 2. The smallest absolute Gasteiger partial charge is 0.233 e.